The van der Waals surface area contributed by atoms with Gasteiger partial charge in [-0.3, -0.25) is 14.3 Å². The lowest BCUT2D eigenvalue weighted by Gasteiger charge is -2.11. The molecule has 0 spiro atoms. The van der Waals surface area contributed by atoms with Gasteiger partial charge in [0.25, 0.3) is 0 Å². The normalized spacial score (nSPS) is 10.8. The molecule has 33 heavy (non-hydrogen) atoms. The highest BCUT2D eigenvalue weighted by Crippen LogP contribution is 2.29. The second-order valence-electron chi connectivity index (χ2n) is 6.77. The van der Waals surface area contributed by atoms with Crippen molar-refractivity contribution in [1.29, 1.82) is 0 Å². The van der Waals surface area contributed by atoms with E-state index >= 15 is 0 Å². The number of halogens is 2. The van der Waals surface area contributed by atoms with Crippen LogP contribution in [0.4, 0.5) is 10.1 Å². The number of carbonyl (C=O) groups is 1. The maximum Gasteiger partial charge on any atom is 0.234 e. The second-order valence-corrected chi connectivity index (χ2v) is 8.15. The van der Waals surface area contributed by atoms with Crippen molar-refractivity contribution in [2.75, 3.05) is 17.7 Å². The van der Waals surface area contributed by atoms with Crippen molar-refractivity contribution in [3.63, 3.8) is 0 Å². The third kappa shape index (κ3) is 5.50. The first-order chi connectivity index (χ1) is 16.0. The molecule has 168 valence electrons. The van der Waals surface area contributed by atoms with Crippen LogP contribution in [0.1, 0.15) is 6.92 Å². The molecule has 4 rings (SSSR count). The first-order valence-electron chi connectivity index (χ1n) is 10.0. The van der Waals surface area contributed by atoms with Crippen LogP contribution in [-0.2, 0) is 4.79 Å². The summed E-state index contributed by atoms with van der Waals surface area (Å²) in [6.45, 7) is 2.49. The Morgan fingerprint density at radius 3 is 2.73 bits per heavy atom. The van der Waals surface area contributed by atoms with E-state index in [1.54, 1.807) is 12.4 Å². The number of nitrogens with one attached hydrogen (secondary N) is 1. The lowest BCUT2D eigenvalue weighted by Crippen LogP contribution is -2.15. The Morgan fingerprint density at radius 1 is 1.18 bits per heavy atom. The number of benzene rings is 2. The number of carbonyl (C=O) groups excluding carboxylic acids is 1. The molecular weight excluding hydrogens is 465 g/mol. The van der Waals surface area contributed by atoms with E-state index in [0.29, 0.717) is 22.6 Å². The van der Waals surface area contributed by atoms with Gasteiger partial charge in [-0.2, -0.15) is 0 Å². The summed E-state index contributed by atoms with van der Waals surface area (Å²) in [6, 6.07) is 15.2. The quantitative estimate of drug-likeness (QED) is 0.345. The Bertz CT molecular complexity index is 1250. The van der Waals surface area contributed by atoms with Crippen LogP contribution < -0.4 is 10.1 Å². The zero-order valence-corrected chi connectivity index (χ0v) is 19.1. The van der Waals surface area contributed by atoms with Crippen LogP contribution in [0.25, 0.3) is 17.1 Å². The number of hydrogen-bond acceptors (Lipinski definition) is 6. The molecular formula is C23H19ClFN5O2S. The SMILES string of the molecule is CCOc1ccc(-n2c(SCC(=O)Nc3cc(Cl)ccc3F)nnc2-c2cccnc2)cc1. The number of rotatable bonds is 8. The Balaban J connectivity index is 1.59. The molecule has 0 aliphatic rings. The fourth-order valence-electron chi connectivity index (χ4n) is 3.05. The third-order valence-electron chi connectivity index (χ3n) is 4.49. The topological polar surface area (TPSA) is 81.9 Å². The molecule has 1 N–H and O–H groups in total. The molecule has 2 aromatic heterocycles. The lowest BCUT2D eigenvalue weighted by molar-refractivity contribution is -0.113. The van der Waals surface area contributed by atoms with Crippen molar-refractivity contribution in [2.24, 2.45) is 0 Å². The van der Waals surface area contributed by atoms with Crippen LogP contribution in [0.2, 0.25) is 5.02 Å². The van der Waals surface area contributed by atoms with Crippen molar-refractivity contribution in [2.45, 2.75) is 12.1 Å². The number of anilines is 1. The number of amides is 1. The third-order valence-corrected chi connectivity index (χ3v) is 5.66. The summed E-state index contributed by atoms with van der Waals surface area (Å²) in [6.07, 6.45) is 3.37. The summed E-state index contributed by atoms with van der Waals surface area (Å²) >= 11 is 7.07. The Morgan fingerprint density at radius 2 is 2.00 bits per heavy atom. The smallest absolute Gasteiger partial charge is 0.234 e. The van der Waals surface area contributed by atoms with E-state index in [1.165, 1.54) is 30.0 Å². The number of ether oxygens (including phenoxy) is 1. The Labute approximate surface area is 199 Å². The van der Waals surface area contributed by atoms with Crippen LogP contribution >= 0.6 is 23.4 Å². The standard InChI is InChI=1S/C23H19ClFN5O2S/c1-2-32-18-8-6-17(7-9-18)30-22(15-4-3-11-26-13-15)28-29-23(30)33-14-21(31)27-20-12-16(24)5-10-19(20)25/h3-13H,2,14H2,1H3,(H,27,31). The molecule has 0 unspecified atom stereocenters. The predicted molar refractivity (Wildman–Crippen MR) is 127 cm³/mol. The van der Waals surface area contributed by atoms with Gasteiger partial charge >= 0.3 is 0 Å². The fraction of sp³-hybridized carbons (Fsp3) is 0.130. The Kier molecular flexibility index (Phi) is 7.21. The first-order valence-corrected chi connectivity index (χ1v) is 11.4. The van der Waals surface area contributed by atoms with Crippen LogP contribution in [0.3, 0.4) is 0 Å². The van der Waals surface area contributed by atoms with Gasteiger partial charge in [-0.15, -0.1) is 10.2 Å². The minimum absolute atomic E-state index is 0.00580. The van der Waals surface area contributed by atoms with Gasteiger partial charge in [0.05, 0.1) is 18.0 Å². The summed E-state index contributed by atoms with van der Waals surface area (Å²) in [5, 5.41) is 12.0. The minimum Gasteiger partial charge on any atom is -0.494 e. The summed E-state index contributed by atoms with van der Waals surface area (Å²) in [7, 11) is 0. The van der Waals surface area contributed by atoms with Crippen LogP contribution in [-0.4, -0.2) is 38.0 Å². The summed E-state index contributed by atoms with van der Waals surface area (Å²) in [5.41, 5.74) is 1.60. The van der Waals surface area contributed by atoms with E-state index in [0.717, 1.165) is 17.0 Å². The van der Waals surface area contributed by atoms with Gasteiger partial charge in [0.2, 0.25) is 5.91 Å². The van der Waals surface area contributed by atoms with Crippen molar-refractivity contribution >= 4 is 35.0 Å². The molecule has 4 aromatic rings. The zero-order valence-electron chi connectivity index (χ0n) is 17.5. The molecule has 0 atom stereocenters. The molecule has 0 fully saturated rings. The number of pyridine rings is 1. The zero-order chi connectivity index (χ0) is 23.2. The summed E-state index contributed by atoms with van der Waals surface area (Å²) in [5.74, 6) is 0.360. The van der Waals surface area contributed by atoms with Crippen LogP contribution in [0.15, 0.2) is 72.1 Å². The van der Waals surface area contributed by atoms with Gasteiger partial charge in [0.1, 0.15) is 11.6 Å². The molecule has 0 radical (unpaired) electrons. The number of hydrogen-bond donors (Lipinski definition) is 1. The first kappa shape index (κ1) is 22.8. The molecule has 0 bridgehead atoms. The van der Waals surface area contributed by atoms with E-state index in [9.17, 15) is 9.18 Å². The highest BCUT2D eigenvalue weighted by Gasteiger charge is 2.18. The number of nitrogens with zero attached hydrogens (tertiary/aromatic N) is 4. The van der Waals surface area contributed by atoms with Crippen LogP contribution in [0, 0.1) is 5.82 Å². The summed E-state index contributed by atoms with van der Waals surface area (Å²) in [4.78, 5) is 16.6. The number of thioether (sulfide) groups is 1. The molecule has 1 amide bonds. The van der Waals surface area contributed by atoms with E-state index < -0.39 is 11.7 Å². The van der Waals surface area contributed by atoms with Gasteiger partial charge in [-0.05, 0) is 61.5 Å². The largest absolute Gasteiger partial charge is 0.494 e. The van der Waals surface area contributed by atoms with Gasteiger partial charge < -0.3 is 10.1 Å². The minimum atomic E-state index is -0.561. The Hall–Kier alpha value is -3.43. The molecule has 0 aliphatic heterocycles. The molecule has 7 nitrogen and oxygen atoms in total. The van der Waals surface area contributed by atoms with E-state index in [2.05, 4.69) is 20.5 Å². The molecule has 2 heterocycles. The van der Waals surface area contributed by atoms with Crippen molar-refractivity contribution in [3.8, 4) is 22.8 Å². The monoisotopic (exact) mass is 483 g/mol. The van der Waals surface area contributed by atoms with Crippen molar-refractivity contribution < 1.29 is 13.9 Å². The maximum atomic E-state index is 13.9. The van der Waals surface area contributed by atoms with Crippen LogP contribution in [0.5, 0.6) is 5.75 Å². The highest BCUT2D eigenvalue weighted by molar-refractivity contribution is 7.99. The average Bonchev–Trinajstić information content (AvgIpc) is 3.25. The number of aromatic nitrogens is 4. The van der Waals surface area contributed by atoms with Crippen molar-refractivity contribution in [1.82, 2.24) is 19.7 Å². The van der Waals surface area contributed by atoms with Gasteiger partial charge in [0, 0.05) is 28.7 Å². The van der Waals surface area contributed by atoms with E-state index in [1.807, 2.05) is 47.9 Å². The van der Waals surface area contributed by atoms with E-state index in [4.69, 9.17) is 16.3 Å². The van der Waals surface area contributed by atoms with Crippen molar-refractivity contribution in [3.05, 3.63) is 77.8 Å². The molecule has 0 aliphatic carbocycles. The molecule has 0 saturated heterocycles. The second kappa shape index (κ2) is 10.5. The maximum absolute atomic E-state index is 13.9. The molecule has 2 aromatic carbocycles. The molecule has 0 saturated carbocycles. The average molecular weight is 484 g/mol. The van der Waals surface area contributed by atoms with Gasteiger partial charge in [0.15, 0.2) is 11.0 Å². The van der Waals surface area contributed by atoms with E-state index in [-0.39, 0.29) is 11.4 Å². The highest BCUT2D eigenvalue weighted by atomic mass is 35.5. The fourth-order valence-corrected chi connectivity index (χ4v) is 3.97. The lowest BCUT2D eigenvalue weighted by atomic mass is 10.2. The van der Waals surface area contributed by atoms with Gasteiger partial charge in [-0.1, -0.05) is 23.4 Å². The predicted octanol–water partition coefficient (Wildman–Crippen LogP) is 5.25. The molecule has 10 heteroatoms. The van der Waals surface area contributed by atoms with Gasteiger partial charge in [-0.25, -0.2) is 4.39 Å². The summed E-state index contributed by atoms with van der Waals surface area (Å²) < 4.78 is 21.3.